The van der Waals surface area contributed by atoms with Crippen molar-refractivity contribution in [2.75, 3.05) is 151 Å². The van der Waals surface area contributed by atoms with E-state index in [1.54, 1.807) is 0 Å². The van der Waals surface area contributed by atoms with E-state index in [2.05, 4.69) is 22.9 Å². The summed E-state index contributed by atoms with van der Waals surface area (Å²) in [6.07, 6.45) is 6.29. The maximum Gasteiger partial charge on any atom is 0.0701 e. The lowest BCUT2D eigenvalue weighted by atomic mass is 10.2. The summed E-state index contributed by atoms with van der Waals surface area (Å²) in [6.45, 7) is 14.8. The Kier molecular flexibility index (Phi) is 40.1. The average molecular weight is 664 g/mol. The summed E-state index contributed by atoms with van der Waals surface area (Å²) >= 11 is 3.30. The van der Waals surface area contributed by atoms with Crippen LogP contribution in [0.25, 0.3) is 0 Å². The summed E-state index contributed by atoms with van der Waals surface area (Å²) in [4.78, 5) is 0. The van der Waals surface area contributed by atoms with Crippen molar-refractivity contribution in [1.82, 2.24) is 0 Å². The second kappa shape index (κ2) is 40.0. The van der Waals surface area contributed by atoms with Crippen molar-refractivity contribution in [3.8, 4) is 0 Å². The zero-order valence-electron chi connectivity index (χ0n) is 25.7. The molecule has 0 aliphatic rings. The SMILES string of the molecule is CCCCCCCOCCOCCOCCOCCOCCOCCOCCOCCOCCOCCOCCBr. The van der Waals surface area contributed by atoms with E-state index in [4.69, 9.17) is 52.1 Å². The first kappa shape index (κ1) is 41.0. The first-order chi connectivity index (χ1) is 20.4. The molecule has 0 aromatic carbocycles. The minimum Gasteiger partial charge on any atom is -0.379 e. The van der Waals surface area contributed by atoms with Gasteiger partial charge in [0.05, 0.1) is 139 Å². The molecule has 0 aliphatic heterocycles. The van der Waals surface area contributed by atoms with E-state index in [-0.39, 0.29) is 0 Å². The van der Waals surface area contributed by atoms with Crippen LogP contribution in [0.5, 0.6) is 0 Å². The van der Waals surface area contributed by atoms with Crippen molar-refractivity contribution < 1.29 is 52.1 Å². The number of rotatable bonds is 38. The summed E-state index contributed by atoms with van der Waals surface area (Å²) in [7, 11) is 0. The zero-order chi connectivity index (χ0) is 29.6. The van der Waals surface area contributed by atoms with Crippen molar-refractivity contribution in [2.24, 2.45) is 0 Å². The molecule has 0 spiro atoms. The molecule has 41 heavy (non-hydrogen) atoms. The molecule has 0 heterocycles. The van der Waals surface area contributed by atoms with E-state index in [0.717, 1.165) is 18.4 Å². The molecule has 0 unspecified atom stereocenters. The molecule has 0 bridgehead atoms. The van der Waals surface area contributed by atoms with Gasteiger partial charge >= 0.3 is 0 Å². The van der Waals surface area contributed by atoms with E-state index in [1.165, 1.54) is 25.7 Å². The van der Waals surface area contributed by atoms with Crippen LogP contribution in [0.1, 0.15) is 39.0 Å². The van der Waals surface area contributed by atoms with Gasteiger partial charge < -0.3 is 52.1 Å². The average Bonchev–Trinajstić information content (AvgIpc) is 2.98. The standard InChI is InChI=1S/C29H59BrO11/c1-2-3-4-5-6-8-31-10-12-33-14-16-35-18-20-37-22-24-39-26-28-41-29-27-40-25-23-38-21-19-36-17-15-34-13-11-32-9-7-30/h2-29H2,1H3. The van der Waals surface area contributed by atoms with Crippen LogP contribution < -0.4 is 0 Å². The van der Waals surface area contributed by atoms with Gasteiger partial charge in [-0.05, 0) is 6.42 Å². The molecule has 0 rings (SSSR count). The number of ether oxygens (including phenoxy) is 11. The van der Waals surface area contributed by atoms with Crippen molar-refractivity contribution in [1.29, 1.82) is 0 Å². The molecule has 11 nitrogen and oxygen atoms in total. The minimum atomic E-state index is 0.525. The summed E-state index contributed by atoms with van der Waals surface area (Å²) in [5.74, 6) is 0. The quantitative estimate of drug-likeness (QED) is 0.0717. The van der Waals surface area contributed by atoms with Crippen molar-refractivity contribution in [3.05, 3.63) is 0 Å². The Morgan fingerprint density at radius 1 is 0.268 bits per heavy atom. The van der Waals surface area contributed by atoms with Crippen LogP contribution in [0.4, 0.5) is 0 Å². The van der Waals surface area contributed by atoms with Gasteiger partial charge in [0.15, 0.2) is 0 Å². The summed E-state index contributed by atoms with van der Waals surface area (Å²) < 4.78 is 60.0. The number of alkyl halides is 1. The molecule has 0 N–H and O–H groups in total. The monoisotopic (exact) mass is 662 g/mol. The van der Waals surface area contributed by atoms with Gasteiger partial charge in [-0.1, -0.05) is 48.5 Å². The lowest BCUT2D eigenvalue weighted by molar-refractivity contribution is -0.0274. The second-order valence-corrected chi connectivity index (χ2v) is 9.63. The van der Waals surface area contributed by atoms with Crippen molar-refractivity contribution in [3.63, 3.8) is 0 Å². The lowest BCUT2D eigenvalue weighted by Crippen LogP contribution is -2.15. The Labute approximate surface area is 257 Å². The molecule has 0 aromatic heterocycles. The molecule has 0 aromatic rings. The number of unbranched alkanes of at least 4 members (excludes halogenated alkanes) is 4. The van der Waals surface area contributed by atoms with Gasteiger partial charge in [0, 0.05) is 11.9 Å². The number of hydrogen-bond acceptors (Lipinski definition) is 11. The molecule has 0 saturated carbocycles. The zero-order valence-corrected chi connectivity index (χ0v) is 27.3. The third-order valence-corrected chi connectivity index (χ3v) is 5.66. The number of hydrogen-bond donors (Lipinski definition) is 0. The largest absolute Gasteiger partial charge is 0.379 e. The molecule has 0 fully saturated rings. The highest BCUT2D eigenvalue weighted by Crippen LogP contribution is 2.02. The highest BCUT2D eigenvalue weighted by atomic mass is 79.9. The van der Waals surface area contributed by atoms with Crippen LogP contribution >= 0.6 is 15.9 Å². The first-order valence-electron chi connectivity index (χ1n) is 15.3. The van der Waals surface area contributed by atoms with Crippen LogP contribution in [0, 0.1) is 0 Å². The molecule has 0 aliphatic carbocycles. The molecule has 0 amide bonds. The number of halogens is 1. The molecule has 12 heteroatoms. The van der Waals surface area contributed by atoms with Gasteiger partial charge in [-0.25, -0.2) is 0 Å². The van der Waals surface area contributed by atoms with Crippen molar-refractivity contribution >= 4 is 15.9 Å². The fourth-order valence-corrected chi connectivity index (χ4v) is 3.39. The van der Waals surface area contributed by atoms with Crippen LogP contribution in [0.2, 0.25) is 0 Å². The Bertz CT molecular complexity index is 415. The highest BCUT2D eigenvalue weighted by molar-refractivity contribution is 9.09. The third kappa shape index (κ3) is 40.0. The van der Waals surface area contributed by atoms with E-state index < -0.39 is 0 Å². The molecule has 248 valence electrons. The van der Waals surface area contributed by atoms with Gasteiger partial charge in [0.2, 0.25) is 0 Å². The molecular formula is C29H59BrO11. The van der Waals surface area contributed by atoms with E-state index in [1.807, 2.05) is 0 Å². The van der Waals surface area contributed by atoms with Gasteiger partial charge in [-0.2, -0.15) is 0 Å². The fourth-order valence-electron chi connectivity index (χ4n) is 3.16. The Morgan fingerprint density at radius 2 is 0.488 bits per heavy atom. The van der Waals surface area contributed by atoms with Crippen LogP contribution in [0.3, 0.4) is 0 Å². The first-order valence-corrected chi connectivity index (χ1v) is 16.4. The van der Waals surface area contributed by atoms with Crippen LogP contribution in [-0.2, 0) is 52.1 Å². The summed E-state index contributed by atoms with van der Waals surface area (Å²) in [5.41, 5.74) is 0. The molecule has 0 saturated heterocycles. The maximum atomic E-state index is 5.55. The van der Waals surface area contributed by atoms with E-state index in [9.17, 15) is 0 Å². The summed E-state index contributed by atoms with van der Waals surface area (Å²) in [6, 6.07) is 0. The van der Waals surface area contributed by atoms with Crippen LogP contribution in [-0.4, -0.2) is 151 Å². The summed E-state index contributed by atoms with van der Waals surface area (Å²) in [5, 5.41) is 0.841. The Hall–Kier alpha value is 0.0400. The van der Waals surface area contributed by atoms with E-state index in [0.29, 0.717) is 139 Å². The topological polar surface area (TPSA) is 102 Å². The van der Waals surface area contributed by atoms with E-state index >= 15 is 0 Å². The predicted molar refractivity (Wildman–Crippen MR) is 162 cm³/mol. The minimum absolute atomic E-state index is 0.525. The Balaban J connectivity index is 3.02. The second-order valence-electron chi connectivity index (χ2n) is 8.84. The third-order valence-electron chi connectivity index (χ3n) is 5.33. The molecule has 0 radical (unpaired) electrons. The predicted octanol–water partition coefficient (Wildman–Crippen LogP) is 3.53. The smallest absolute Gasteiger partial charge is 0.0701 e. The fraction of sp³-hybridized carbons (Fsp3) is 1.00. The normalized spacial score (nSPS) is 11.6. The van der Waals surface area contributed by atoms with Gasteiger partial charge in [0.25, 0.3) is 0 Å². The van der Waals surface area contributed by atoms with Crippen LogP contribution in [0.15, 0.2) is 0 Å². The van der Waals surface area contributed by atoms with Gasteiger partial charge in [-0.15, -0.1) is 0 Å². The van der Waals surface area contributed by atoms with Gasteiger partial charge in [0.1, 0.15) is 0 Å². The van der Waals surface area contributed by atoms with Crippen molar-refractivity contribution in [2.45, 2.75) is 39.0 Å². The molecule has 0 atom stereocenters. The highest BCUT2D eigenvalue weighted by Gasteiger charge is 1.96. The van der Waals surface area contributed by atoms with Gasteiger partial charge in [-0.3, -0.25) is 0 Å². The molecular weight excluding hydrogens is 604 g/mol. The lowest BCUT2D eigenvalue weighted by Gasteiger charge is -2.09. The maximum absolute atomic E-state index is 5.55. The Morgan fingerprint density at radius 3 is 0.732 bits per heavy atom.